The monoisotopic (exact) mass is 358 g/mol. The third-order valence-corrected chi connectivity index (χ3v) is 5.21. The number of amides is 1. The van der Waals surface area contributed by atoms with Crippen molar-refractivity contribution in [3.8, 4) is 0 Å². The Balaban J connectivity index is 1.60. The van der Waals surface area contributed by atoms with E-state index in [1.54, 1.807) is 23.9 Å². The van der Waals surface area contributed by atoms with Gasteiger partial charge in [-0.05, 0) is 18.6 Å². The first-order valence-corrected chi connectivity index (χ1v) is 8.93. The van der Waals surface area contributed by atoms with E-state index in [1.165, 1.54) is 34.7 Å². The zero-order chi connectivity index (χ0) is 16.9. The lowest BCUT2D eigenvalue weighted by molar-refractivity contribution is -0.607. The Morgan fingerprint density at radius 2 is 2.04 bits per heavy atom. The van der Waals surface area contributed by atoms with Crippen LogP contribution in [0.3, 0.4) is 0 Å². The van der Waals surface area contributed by atoms with Crippen LogP contribution in [0.15, 0.2) is 53.0 Å². The Morgan fingerprint density at radius 3 is 2.79 bits per heavy atom. The third kappa shape index (κ3) is 4.09. The maximum atomic E-state index is 12.1. The smallest absolute Gasteiger partial charge is 0.323 e. The van der Waals surface area contributed by atoms with Gasteiger partial charge in [-0.25, -0.2) is 0 Å². The molecule has 8 heteroatoms. The fourth-order valence-electron chi connectivity index (χ4n) is 1.91. The van der Waals surface area contributed by atoms with E-state index in [1.807, 2.05) is 0 Å². The number of hydrogen-bond donors (Lipinski definition) is 1. The Kier molecular flexibility index (Phi) is 5.07. The van der Waals surface area contributed by atoms with E-state index in [2.05, 4.69) is 46.7 Å². The van der Waals surface area contributed by atoms with Gasteiger partial charge in [-0.3, -0.25) is 10.1 Å². The van der Waals surface area contributed by atoms with E-state index >= 15 is 0 Å². The number of nitrogens with one attached hydrogen (secondary N) is 1. The number of pyridine rings is 1. The van der Waals surface area contributed by atoms with Crippen LogP contribution in [0.25, 0.3) is 0 Å². The van der Waals surface area contributed by atoms with E-state index in [4.69, 9.17) is 0 Å². The maximum absolute atomic E-state index is 12.1. The summed E-state index contributed by atoms with van der Waals surface area (Å²) in [4.78, 5) is 12.1. The van der Waals surface area contributed by atoms with E-state index < -0.39 is 5.91 Å². The van der Waals surface area contributed by atoms with Crippen molar-refractivity contribution < 1.29 is 9.52 Å². The average Bonchev–Trinajstić information content (AvgIpc) is 3.02. The van der Waals surface area contributed by atoms with Crippen LogP contribution in [0.2, 0.25) is 0 Å². The second-order valence-corrected chi connectivity index (χ2v) is 7.21. The Labute approximate surface area is 147 Å². The van der Waals surface area contributed by atoms with Crippen molar-refractivity contribution >= 4 is 34.1 Å². The fraction of sp³-hybridized carbons (Fsp3) is 0.125. The van der Waals surface area contributed by atoms with Crippen molar-refractivity contribution in [1.29, 1.82) is 0 Å². The van der Waals surface area contributed by atoms with Crippen LogP contribution in [-0.2, 0) is 5.75 Å². The molecule has 6 nitrogen and oxygen atoms in total. The number of carbonyl (C=O) groups is 1. The van der Waals surface area contributed by atoms with Gasteiger partial charge in [-0.1, -0.05) is 52.9 Å². The number of hydrogen-bond acceptors (Lipinski definition) is 6. The van der Waals surface area contributed by atoms with E-state index in [9.17, 15) is 10.0 Å². The molecule has 2 aromatic heterocycles. The van der Waals surface area contributed by atoms with Crippen LogP contribution >= 0.6 is 23.1 Å². The molecule has 0 radical (unpaired) electrons. The minimum absolute atomic E-state index is 0.0153. The number of carbonyl (C=O) groups excluding carboxylic acids is 1. The number of aromatic nitrogens is 3. The minimum Gasteiger partial charge on any atom is -0.618 e. The number of thioether (sulfide) groups is 1. The molecule has 1 aromatic carbocycles. The fourth-order valence-corrected chi connectivity index (χ4v) is 3.62. The van der Waals surface area contributed by atoms with Crippen molar-refractivity contribution in [3.63, 3.8) is 0 Å². The zero-order valence-electron chi connectivity index (χ0n) is 12.8. The van der Waals surface area contributed by atoms with Crippen molar-refractivity contribution in [2.45, 2.75) is 17.0 Å². The summed E-state index contributed by atoms with van der Waals surface area (Å²) >= 11 is 2.83. The first-order valence-electron chi connectivity index (χ1n) is 7.13. The van der Waals surface area contributed by atoms with Gasteiger partial charge in [-0.2, -0.15) is 4.73 Å². The van der Waals surface area contributed by atoms with Gasteiger partial charge in [0, 0.05) is 17.9 Å². The van der Waals surface area contributed by atoms with Crippen LogP contribution in [0, 0.1) is 12.1 Å². The molecule has 122 valence electrons. The maximum Gasteiger partial charge on any atom is 0.323 e. The zero-order valence-corrected chi connectivity index (χ0v) is 14.4. The number of anilines is 1. The summed E-state index contributed by atoms with van der Waals surface area (Å²) < 4.78 is 1.28. The molecule has 1 amide bonds. The molecule has 0 aliphatic heterocycles. The highest BCUT2D eigenvalue weighted by Gasteiger charge is 2.17. The molecule has 1 N–H and O–H groups in total. The second-order valence-electron chi connectivity index (χ2n) is 5.01. The van der Waals surface area contributed by atoms with E-state index in [0.717, 1.165) is 10.1 Å². The number of aryl methyl sites for hydroxylation is 1. The Hall–Kier alpha value is -2.45. The predicted octanol–water partition coefficient (Wildman–Crippen LogP) is 3.02. The van der Waals surface area contributed by atoms with Gasteiger partial charge in [0.05, 0.1) is 0 Å². The molecule has 0 fully saturated rings. The van der Waals surface area contributed by atoms with E-state index in [0.29, 0.717) is 9.86 Å². The molecule has 0 spiro atoms. The van der Waals surface area contributed by atoms with Gasteiger partial charge in [0.15, 0.2) is 10.5 Å². The molecule has 3 rings (SSSR count). The number of nitrogens with zero attached hydrogens (tertiary/aromatic N) is 3. The molecular weight excluding hydrogens is 344 g/mol. The summed E-state index contributed by atoms with van der Waals surface area (Å²) in [7, 11) is 0. The van der Waals surface area contributed by atoms with Gasteiger partial charge in [-0.15, -0.1) is 10.2 Å². The van der Waals surface area contributed by atoms with Crippen LogP contribution in [-0.4, -0.2) is 16.1 Å². The lowest BCUT2D eigenvalue weighted by atomic mass is 10.2. The van der Waals surface area contributed by atoms with Gasteiger partial charge in [0.2, 0.25) is 5.13 Å². The summed E-state index contributed by atoms with van der Waals surface area (Å²) in [5.41, 5.74) is 2.44. The SMILES string of the molecule is Cc1ccc(CSc2nnc(NC(=O)c3cccc[n+]3[O-])s2)cc1. The minimum atomic E-state index is -0.503. The standard InChI is InChI=1S/C16H14N4O2S2/c1-11-5-7-12(8-6-11)10-23-16-19-18-15(24-16)17-14(21)13-4-2-3-9-20(13)22/h2-9H,10H2,1H3,(H,17,18,21). The van der Waals surface area contributed by atoms with Gasteiger partial charge < -0.3 is 5.21 Å². The quantitative estimate of drug-likeness (QED) is 0.328. The first kappa shape index (κ1) is 16.4. The molecule has 2 heterocycles. The van der Waals surface area contributed by atoms with Crippen molar-refractivity contribution in [2.75, 3.05) is 5.32 Å². The predicted molar refractivity (Wildman–Crippen MR) is 94.0 cm³/mol. The van der Waals surface area contributed by atoms with Crippen LogP contribution in [0.5, 0.6) is 0 Å². The summed E-state index contributed by atoms with van der Waals surface area (Å²) in [6.45, 7) is 2.05. The Morgan fingerprint density at radius 1 is 1.25 bits per heavy atom. The first-order chi connectivity index (χ1) is 11.6. The molecule has 0 saturated heterocycles. The average molecular weight is 358 g/mol. The second kappa shape index (κ2) is 7.41. The van der Waals surface area contributed by atoms with Crippen LogP contribution < -0.4 is 10.0 Å². The molecule has 3 aromatic rings. The van der Waals surface area contributed by atoms with Crippen molar-refractivity contribution in [3.05, 3.63) is 70.7 Å². The summed E-state index contributed by atoms with van der Waals surface area (Å²) in [6.07, 6.45) is 1.28. The molecule has 24 heavy (non-hydrogen) atoms. The highest BCUT2D eigenvalue weighted by atomic mass is 32.2. The molecule has 0 unspecified atom stereocenters. The Bertz CT molecular complexity index is 849. The third-order valence-electron chi connectivity index (χ3n) is 3.17. The van der Waals surface area contributed by atoms with Crippen LogP contribution in [0.4, 0.5) is 5.13 Å². The highest BCUT2D eigenvalue weighted by molar-refractivity contribution is 8.00. The van der Waals surface area contributed by atoms with Crippen molar-refractivity contribution in [2.24, 2.45) is 0 Å². The summed E-state index contributed by atoms with van der Waals surface area (Å²) in [6, 6.07) is 12.9. The van der Waals surface area contributed by atoms with Gasteiger partial charge in [0.1, 0.15) is 0 Å². The lowest BCUT2D eigenvalue weighted by Gasteiger charge is -2.02. The van der Waals surface area contributed by atoms with Crippen molar-refractivity contribution in [1.82, 2.24) is 10.2 Å². The molecule has 0 aliphatic carbocycles. The van der Waals surface area contributed by atoms with Gasteiger partial charge in [0.25, 0.3) is 5.69 Å². The molecule has 0 atom stereocenters. The van der Waals surface area contributed by atoms with Crippen LogP contribution in [0.1, 0.15) is 21.6 Å². The summed E-state index contributed by atoms with van der Waals surface area (Å²) in [5.74, 6) is 0.277. The molecule has 0 saturated carbocycles. The summed E-state index contributed by atoms with van der Waals surface area (Å²) in [5, 5.41) is 22.5. The lowest BCUT2D eigenvalue weighted by Crippen LogP contribution is -2.36. The number of benzene rings is 1. The molecule has 0 bridgehead atoms. The number of rotatable bonds is 5. The van der Waals surface area contributed by atoms with Gasteiger partial charge >= 0.3 is 5.91 Å². The van der Waals surface area contributed by atoms with E-state index in [-0.39, 0.29) is 5.69 Å². The highest BCUT2D eigenvalue weighted by Crippen LogP contribution is 2.28. The molecule has 0 aliphatic rings. The largest absolute Gasteiger partial charge is 0.618 e. The topological polar surface area (TPSA) is 81.8 Å². The molecular formula is C16H14N4O2S2. The normalized spacial score (nSPS) is 10.5.